The van der Waals surface area contributed by atoms with Crippen LogP contribution in [0.4, 0.5) is 8.78 Å². The molecule has 3 aromatic carbocycles. The summed E-state index contributed by atoms with van der Waals surface area (Å²) >= 11 is 0. The smallest absolute Gasteiger partial charge is 0.201 e. The highest BCUT2D eigenvalue weighted by Gasteiger charge is 2.31. The van der Waals surface area contributed by atoms with Crippen LogP contribution in [0.15, 0.2) is 72.8 Å². The maximum absolute atomic E-state index is 14.6. The third-order valence-corrected chi connectivity index (χ3v) is 8.37. The number of hydrogen-bond acceptors (Lipinski definition) is 2. The molecule has 1 aliphatic carbocycles. The maximum atomic E-state index is 14.6. The zero-order chi connectivity index (χ0) is 26.5. The van der Waals surface area contributed by atoms with Crippen LogP contribution in [0, 0.1) is 23.5 Å². The van der Waals surface area contributed by atoms with Gasteiger partial charge in [-0.05, 0) is 98.6 Å². The normalized spacial score (nSPS) is 24.0. The van der Waals surface area contributed by atoms with Gasteiger partial charge in [-0.1, -0.05) is 60.7 Å². The average Bonchev–Trinajstić information content (AvgIpc) is 2.97. The van der Waals surface area contributed by atoms with Crippen molar-refractivity contribution in [2.45, 2.75) is 64.4 Å². The third-order valence-electron chi connectivity index (χ3n) is 8.37. The van der Waals surface area contributed by atoms with Gasteiger partial charge in [-0.25, -0.2) is 4.39 Å². The fourth-order valence-electron chi connectivity index (χ4n) is 6.22. The Morgan fingerprint density at radius 1 is 0.789 bits per heavy atom. The lowest BCUT2D eigenvalue weighted by atomic mass is 9.75. The van der Waals surface area contributed by atoms with Crippen molar-refractivity contribution < 1.29 is 18.3 Å². The van der Waals surface area contributed by atoms with Gasteiger partial charge in [0.25, 0.3) is 0 Å². The maximum Gasteiger partial charge on any atom is 0.201 e. The van der Waals surface area contributed by atoms with Crippen LogP contribution in [0.3, 0.4) is 0 Å². The number of halogens is 2. The minimum atomic E-state index is -0.942. The molecular formula is C34H38F2O2. The average molecular weight is 517 g/mol. The highest BCUT2D eigenvalue weighted by atomic mass is 19.2. The van der Waals surface area contributed by atoms with E-state index in [1.165, 1.54) is 50.2 Å². The summed E-state index contributed by atoms with van der Waals surface area (Å²) in [5.74, 6) is 0.0278. The van der Waals surface area contributed by atoms with Gasteiger partial charge in [-0.15, -0.1) is 0 Å². The third kappa shape index (κ3) is 5.86. The lowest BCUT2D eigenvalue weighted by Crippen LogP contribution is -2.33. The number of ether oxygens (including phenoxy) is 2. The molecule has 0 bridgehead atoms. The summed E-state index contributed by atoms with van der Waals surface area (Å²) in [4.78, 5) is 0. The second kappa shape index (κ2) is 12.3. The lowest BCUT2D eigenvalue weighted by molar-refractivity contribution is -0.0470. The Kier molecular flexibility index (Phi) is 8.58. The predicted octanol–water partition coefficient (Wildman–Crippen LogP) is 9.34. The van der Waals surface area contributed by atoms with Crippen molar-refractivity contribution in [3.63, 3.8) is 0 Å². The van der Waals surface area contributed by atoms with Gasteiger partial charge in [-0.3, -0.25) is 0 Å². The molecule has 0 aromatic heterocycles. The van der Waals surface area contributed by atoms with Crippen LogP contribution in [0.1, 0.15) is 63.9 Å². The number of hydrogen-bond donors (Lipinski definition) is 0. The summed E-state index contributed by atoms with van der Waals surface area (Å²) < 4.78 is 40.4. The minimum Gasteiger partial charge on any atom is -0.491 e. The van der Waals surface area contributed by atoms with Gasteiger partial charge in [0.05, 0.1) is 19.3 Å². The molecule has 0 radical (unpaired) electrons. The summed E-state index contributed by atoms with van der Waals surface area (Å²) in [7, 11) is 0. The summed E-state index contributed by atoms with van der Waals surface area (Å²) in [6.07, 6.45) is 12.3. The molecule has 38 heavy (non-hydrogen) atoms. The van der Waals surface area contributed by atoms with Crippen molar-refractivity contribution >= 4 is 0 Å². The first-order chi connectivity index (χ1) is 18.6. The molecular weight excluding hydrogens is 478 g/mol. The Bertz CT molecular complexity index is 1220. The van der Waals surface area contributed by atoms with Gasteiger partial charge in [0.1, 0.15) is 0 Å². The van der Waals surface area contributed by atoms with Crippen molar-refractivity contribution in [1.82, 2.24) is 0 Å². The van der Waals surface area contributed by atoms with Crippen molar-refractivity contribution in [3.05, 3.63) is 90.0 Å². The molecule has 2 aliphatic rings. The van der Waals surface area contributed by atoms with E-state index in [-0.39, 0.29) is 17.9 Å². The molecule has 2 unspecified atom stereocenters. The van der Waals surface area contributed by atoms with E-state index >= 15 is 0 Å². The number of benzene rings is 3. The first kappa shape index (κ1) is 26.6. The molecule has 3 aromatic rings. The Hall–Kier alpha value is -2.98. The van der Waals surface area contributed by atoms with Crippen LogP contribution >= 0.6 is 0 Å². The predicted molar refractivity (Wildman–Crippen MR) is 150 cm³/mol. The summed E-state index contributed by atoms with van der Waals surface area (Å²) in [6.45, 7) is 5.00. The fraction of sp³-hybridized carbons (Fsp3) is 0.412. The molecule has 1 saturated carbocycles. The summed E-state index contributed by atoms with van der Waals surface area (Å²) in [6, 6.07) is 19.6. The highest BCUT2D eigenvalue weighted by Crippen LogP contribution is 2.40. The van der Waals surface area contributed by atoms with Crippen molar-refractivity contribution in [1.29, 1.82) is 0 Å². The van der Waals surface area contributed by atoms with E-state index in [1.54, 1.807) is 13.0 Å². The number of rotatable bonds is 7. The topological polar surface area (TPSA) is 18.5 Å². The highest BCUT2D eigenvalue weighted by molar-refractivity contribution is 5.71. The zero-order valence-corrected chi connectivity index (χ0v) is 22.5. The van der Waals surface area contributed by atoms with E-state index in [0.717, 1.165) is 17.7 Å². The molecule has 0 amide bonds. The molecule has 1 aliphatic heterocycles. The molecule has 1 heterocycles. The molecule has 4 heteroatoms. The van der Waals surface area contributed by atoms with E-state index in [0.29, 0.717) is 29.4 Å². The van der Waals surface area contributed by atoms with Crippen molar-refractivity contribution in [3.8, 4) is 28.0 Å². The SMILES string of the molecule is C/C=C/C1CCC(C2CCC(c3ccc(-c4ccc(-c5ccc(OCC)c(F)c5F)cc4)cc3)CC2)OC1. The Labute approximate surface area is 225 Å². The molecule has 2 fully saturated rings. The molecule has 200 valence electrons. The van der Waals surface area contributed by atoms with E-state index in [9.17, 15) is 8.78 Å². The van der Waals surface area contributed by atoms with Crippen LogP contribution in [0.5, 0.6) is 5.75 Å². The van der Waals surface area contributed by atoms with Gasteiger partial charge in [0, 0.05) is 11.5 Å². The van der Waals surface area contributed by atoms with Crippen LogP contribution in [-0.4, -0.2) is 19.3 Å². The Balaban J connectivity index is 1.19. The second-order valence-corrected chi connectivity index (χ2v) is 10.7. The van der Waals surface area contributed by atoms with Gasteiger partial charge < -0.3 is 9.47 Å². The first-order valence-electron chi connectivity index (χ1n) is 14.1. The van der Waals surface area contributed by atoms with Crippen molar-refractivity contribution in [2.24, 2.45) is 11.8 Å². The van der Waals surface area contributed by atoms with Gasteiger partial charge in [0.2, 0.25) is 5.82 Å². The van der Waals surface area contributed by atoms with E-state index in [2.05, 4.69) is 43.3 Å². The van der Waals surface area contributed by atoms with E-state index < -0.39 is 11.6 Å². The van der Waals surface area contributed by atoms with Crippen LogP contribution in [-0.2, 0) is 4.74 Å². The number of allylic oxidation sites excluding steroid dienone is 1. The zero-order valence-electron chi connectivity index (χ0n) is 22.5. The summed E-state index contributed by atoms with van der Waals surface area (Å²) in [5, 5.41) is 0. The second-order valence-electron chi connectivity index (χ2n) is 10.7. The fourth-order valence-corrected chi connectivity index (χ4v) is 6.22. The molecule has 0 spiro atoms. The first-order valence-corrected chi connectivity index (χ1v) is 14.1. The van der Waals surface area contributed by atoms with Gasteiger partial charge in [-0.2, -0.15) is 4.39 Å². The minimum absolute atomic E-state index is 0.0560. The van der Waals surface area contributed by atoms with Crippen LogP contribution < -0.4 is 4.74 Å². The van der Waals surface area contributed by atoms with Gasteiger partial charge >= 0.3 is 0 Å². The molecule has 2 nitrogen and oxygen atoms in total. The molecule has 2 atom stereocenters. The monoisotopic (exact) mass is 516 g/mol. The van der Waals surface area contributed by atoms with Gasteiger partial charge in [0.15, 0.2) is 11.6 Å². The quantitative estimate of drug-likeness (QED) is 0.291. The Morgan fingerprint density at radius 2 is 1.45 bits per heavy atom. The largest absolute Gasteiger partial charge is 0.491 e. The standard InChI is InChI=1S/C34H38F2O2/c1-3-5-23-6-20-31(38-22-23)29-17-13-27(14-18-29)25-9-7-24(8-10-25)26-11-15-28(16-12-26)30-19-21-32(37-4-2)34(36)33(30)35/h3,5,7-12,15-16,19,21,23,27,29,31H,4,6,13-14,17-18,20,22H2,1-2H3/b5-3+. The molecule has 5 rings (SSSR count). The lowest BCUT2D eigenvalue weighted by Gasteiger charge is -2.37. The van der Waals surface area contributed by atoms with Crippen LogP contribution in [0.25, 0.3) is 22.3 Å². The molecule has 1 saturated heterocycles. The Morgan fingerprint density at radius 3 is 2.05 bits per heavy atom. The summed E-state index contributed by atoms with van der Waals surface area (Å²) in [5.41, 5.74) is 4.47. The van der Waals surface area contributed by atoms with E-state index in [4.69, 9.17) is 9.47 Å². The van der Waals surface area contributed by atoms with E-state index in [1.807, 2.05) is 24.3 Å². The van der Waals surface area contributed by atoms with Crippen LogP contribution in [0.2, 0.25) is 0 Å². The van der Waals surface area contributed by atoms with Crippen molar-refractivity contribution in [2.75, 3.05) is 13.2 Å². The molecule has 0 N–H and O–H groups in total.